The fraction of sp³-hybridized carbons (Fsp3) is 0.500. The summed E-state index contributed by atoms with van der Waals surface area (Å²) in [6, 6.07) is 6.55. The summed E-state index contributed by atoms with van der Waals surface area (Å²) in [5, 5.41) is 15.3. The highest BCUT2D eigenvalue weighted by Gasteiger charge is 2.46. The summed E-state index contributed by atoms with van der Waals surface area (Å²) in [5.74, 6) is 0.144. The molecule has 0 saturated heterocycles. The second-order valence-corrected chi connectivity index (χ2v) is 6.09. The summed E-state index contributed by atoms with van der Waals surface area (Å²) in [5.41, 5.74) is 0.273. The predicted molar refractivity (Wildman–Crippen MR) is 77.0 cm³/mol. The van der Waals surface area contributed by atoms with Gasteiger partial charge in [-0.05, 0) is 48.8 Å². The van der Waals surface area contributed by atoms with Gasteiger partial charge in [-0.25, -0.2) is 9.37 Å². The van der Waals surface area contributed by atoms with E-state index in [4.69, 9.17) is 0 Å². The first-order valence-corrected chi connectivity index (χ1v) is 7.37. The molecule has 1 aliphatic rings. The molecule has 21 heavy (non-hydrogen) atoms. The van der Waals surface area contributed by atoms with Crippen molar-refractivity contribution in [1.29, 1.82) is 0 Å². The van der Waals surface area contributed by atoms with Crippen molar-refractivity contribution in [3.8, 4) is 0 Å². The Morgan fingerprint density at radius 1 is 1.33 bits per heavy atom. The van der Waals surface area contributed by atoms with Gasteiger partial charge >= 0.3 is 0 Å². The van der Waals surface area contributed by atoms with E-state index >= 15 is 0 Å². The molecule has 0 spiro atoms. The number of hydrogen-bond acceptors (Lipinski definition) is 3. The van der Waals surface area contributed by atoms with Crippen LogP contribution in [0, 0.1) is 17.7 Å². The Balaban J connectivity index is 1.78. The van der Waals surface area contributed by atoms with Gasteiger partial charge in [0.05, 0.1) is 12.1 Å². The van der Waals surface area contributed by atoms with Crippen LogP contribution in [0.25, 0.3) is 0 Å². The first-order valence-electron chi connectivity index (χ1n) is 7.37. The maximum Gasteiger partial charge on any atom is 0.137 e. The molecular formula is C16H20FN3O. The molecule has 112 valence electrons. The molecule has 1 N–H and O–H groups in total. The molecule has 1 saturated carbocycles. The molecule has 3 rings (SSSR count). The van der Waals surface area contributed by atoms with Crippen LogP contribution in [-0.2, 0) is 13.0 Å². The van der Waals surface area contributed by atoms with Gasteiger partial charge in [0, 0.05) is 0 Å². The van der Waals surface area contributed by atoms with Gasteiger partial charge in [-0.3, -0.25) is 4.68 Å². The molecule has 2 aromatic rings. The Morgan fingerprint density at radius 3 is 2.76 bits per heavy atom. The van der Waals surface area contributed by atoms with Gasteiger partial charge in [-0.15, -0.1) is 0 Å². The highest BCUT2D eigenvalue weighted by molar-refractivity contribution is 5.18. The Kier molecular flexibility index (Phi) is 3.76. The van der Waals surface area contributed by atoms with E-state index in [-0.39, 0.29) is 17.7 Å². The summed E-state index contributed by atoms with van der Waals surface area (Å²) in [7, 11) is 0. The summed E-state index contributed by atoms with van der Waals surface area (Å²) >= 11 is 0. The van der Waals surface area contributed by atoms with Gasteiger partial charge in [0.25, 0.3) is 0 Å². The predicted octanol–water partition coefficient (Wildman–Crippen LogP) is 2.44. The van der Waals surface area contributed by atoms with E-state index in [1.807, 2.05) is 0 Å². The van der Waals surface area contributed by atoms with E-state index in [9.17, 15) is 9.50 Å². The first kappa shape index (κ1) is 14.2. The molecule has 0 amide bonds. The van der Waals surface area contributed by atoms with Gasteiger partial charge in [-0.2, -0.15) is 5.10 Å². The molecule has 5 heteroatoms. The van der Waals surface area contributed by atoms with Gasteiger partial charge < -0.3 is 5.11 Å². The lowest BCUT2D eigenvalue weighted by atomic mass is 9.81. The molecule has 1 heterocycles. The Bertz CT molecular complexity index is 584. The lowest BCUT2D eigenvalue weighted by molar-refractivity contribution is -0.0482. The lowest BCUT2D eigenvalue weighted by Gasteiger charge is -2.34. The van der Waals surface area contributed by atoms with E-state index in [1.54, 1.807) is 23.1 Å². The van der Waals surface area contributed by atoms with Crippen molar-refractivity contribution < 1.29 is 9.50 Å². The number of hydrogen-bond donors (Lipinski definition) is 1. The van der Waals surface area contributed by atoms with Crippen LogP contribution in [0.5, 0.6) is 0 Å². The molecule has 4 nitrogen and oxygen atoms in total. The molecule has 1 aromatic heterocycles. The lowest BCUT2D eigenvalue weighted by Crippen LogP contribution is -2.44. The summed E-state index contributed by atoms with van der Waals surface area (Å²) in [6.45, 7) is 2.54. The Hall–Kier alpha value is -1.75. The van der Waals surface area contributed by atoms with Crippen LogP contribution < -0.4 is 0 Å². The molecular weight excluding hydrogens is 269 g/mol. The molecule has 0 radical (unpaired) electrons. The van der Waals surface area contributed by atoms with Gasteiger partial charge in [0.15, 0.2) is 0 Å². The normalized spacial score (nSPS) is 28.9. The Labute approximate surface area is 123 Å². The largest absolute Gasteiger partial charge is 0.387 e. The minimum absolute atomic E-state index is 0.155. The SMILES string of the molecule is CC1CCC(Cc2ccc(F)cc2)C1(O)Cn1cncn1. The number of benzene rings is 1. The number of halogens is 1. The smallest absolute Gasteiger partial charge is 0.137 e. The van der Waals surface area contributed by atoms with Crippen LogP contribution in [0.15, 0.2) is 36.9 Å². The molecule has 0 bridgehead atoms. The highest BCUT2D eigenvalue weighted by atomic mass is 19.1. The maximum absolute atomic E-state index is 13.0. The second kappa shape index (κ2) is 5.56. The van der Waals surface area contributed by atoms with Gasteiger partial charge in [-0.1, -0.05) is 19.1 Å². The Morgan fingerprint density at radius 2 is 2.10 bits per heavy atom. The van der Waals surface area contributed by atoms with Crippen molar-refractivity contribution >= 4 is 0 Å². The third-order valence-electron chi connectivity index (χ3n) is 4.79. The number of rotatable bonds is 4. The number of nitrogens with zero attached hydrogens (tertiary/aromatic N) is 3. The number of aliphatic hydroxyl groups is 1. The summed E-state index contributed by atoms with van der Waals surface area (Å²) in [6.07, 6.45) is 5.85. The average Bonchev–Trinajstić information content (AvgIpc) is 3.05. The van der Waals surface area contributed by atoms with Gasteiger partial charge in [0.1, 0.15) is 18.5 Å². The van der Waals surface area contributed by atoms with Crippen LogP contribution in [0.2, 0.25) is 0 Å². The summed E-state index contributed by atoms with van der Waals surface area (Å²) < 4.78 is 14.7. The maximum atomic E-state index is 13.0. The van der Waals surface area contributed by atoms with Crippen molar-refractivity contribution in [2.45, 2.75) is 38.3 Å². The molecule has 3 unspecified atom stereocenters. The van der Waals surface area contributed by atoms with Crippen LogP contribution in [-0.4, -0.2) is 25.5 Å². The average molecular weight is 289 g/mol. The van der Waals surface area contributed by atoms with Crippen LogP contribution in [0.3, 0.4) is 0 Å². The van der Waals surface area contributed by atoms with Crippen LogP contribution in [0.4, 0.5) is 4.39 Å². The minimum Gasteiger partial charge on any atom is -0.387 e. The summed E-state index contributed by atoms with van der Waals surface area (Å²) in [4.78, 5) is 3.94. The van der Waals surface area contributed by atoms with Crippen molar-refractivity contribution in [2.24, 2.45) is 11.8 Å². The van der Waals surface area contributed by atoms with E-state index in [1.165, 1.54) is 18.5 Å². The topological polar surface area (TPSA) is 50.9 Å². The van der Waals surface area contributed by atoms with Gasteiger partial charge in [0.2, 0.25) is 0 Å². The van der Waals surface area contributed by atoms with Crippen LogP contribution in [0.1, 0.15) is 25.3 Å². The van der Waals surface area contributed by atoms with Crippen LogP contribution >= 0.6 is 0 Å². The third-order valence-corrected chi connectivity index (χ3v) is 4.79. The zero-order chi connectivity index (χ0) is 14.9. The minimum atomic E-state index is -0.790. The standard InChI is InChI=1S/C16H20FN3O/c1-12-2-5-14(8-13-3-6-15(17)7-4-13)16(12,21)9-20-11-18-10-19-20/h3-4,6-7,10-12,14,21H,2,5,8-9H2,1H3. The van der Waals surface area contributed by atoms with Crippen molar-refractivity contribution in [1.82, 2.24) is 14.8 Å². The molecule has 0 aliphatic heterocycles. The monoisotopic (exact) mass is 289 g/mol. The molecule has 1 aromatic carbocycles. The molecule has 3 atom stereocenters. The second-order valence-electron chi connectivity index (χ2n) is 6.09. The van der Waals surface area contributed by atoms with Crippen molar-refractivity contribution in [3.05, 3.63) is 48.3 Å². The molecule has 1 aliphatic carbocycles. The quantitative estimate of drug-likeness (QED) is 0.940. The number of aromatic nitrogens is 3. The van der Waals surface area contributed by atoms with E-state index < -0.39 is 5.60 Å². The van der Waals surface area contributed by atoms with E-state index in [0.29, 0.717) is 6.54 Å². The van der Waals surface area contributed by atoms with E-state index in [0.717, 1.165) is 24.8 Å². The first-order chi connectivity index (χ1) is 10.1. The molecule has 1 fully saturated rings. The van der Waals surface area contributed by atoms with E-state index in [2.05, 4.69) is 17.0 Å². The fourth-order valence-corrected chi connectivity index (χ4v) is 3.40. The zero-order valence-corrected chi connectivity index (χ0v) is 12.1. The zero-order valence-electron chi connectivity index (χ0n) is 12.1. The fourth-order valence-electron chi connectivity index (χ4n) is 3.40. The van der Waals surface area contributed by atoms with Crippen molar-refractivity contribution in [3.63, 3.8) is 0 Å². The van der Waals surface area contributed by atoms with Crippen molar-refractivity contribution in [2.75, 3.05) is 0 Å². The third kappa shape index (κ3) is 2.83. The highest BCUT2D eigenvalue weighted by Crippen LogP contribution is 2.43.